The molecule has 0 aromatic heterocycles. The number of hydrogen-bond acceptors (Lipinski definition) is 0. The predicted molar refractivity (Wildman–Crippen MR) is 67.0 cm³/mol. The van der Waals surface area contributed by atoms with Crippen molar-refractivity contribution in [2.75, 3.05) is 0 Å². The van der Waals surface area contributed by atoms with E-state index in [0.29, 0.717) is 0 Å². The Kier molecular flexibility index (Phi) is 13.6. The van der Waals surface area contributed by atoms with Crippen LogP contribution in [-0.2, 0) is 0 Å². The molecule has 0 bridgehead atoms. The fraction of sp³-hybridized carbons (Fsp3) is 1.00. The van der Waals surface area contributed by atoms with E-state index in [1.807, 2.05) is 0 Å². The molecule has 1 saturated carbocycles. The van der Waals surface area contributed by atoms with E-state index < -0.39 is 0 Å². The van der Waals surface area contributed by atoms with Crippen molar-refractivity contribution in [1.29, 1.82) is 0 Å². The molecule has 3 heteroatoms. The van der Waals surface area contributed by atoms with Crippen LogP contribution in [0.4, 0.5) is 0 Å². The zero-order chi connectivity index (χ0) is 9.94. The van der Waals surface area contributed by atoms with E-state index in [0.717, 1.165) is 4.05 Å². The second kappa shape index (κ2) is 11.9. The first-order valence-corrected chi connectivity index (χ1v) is 10.6. The van der Waals surface area contributed by atoms with Crippen molar-refractivity contribution >= 4 is 48.8 Å². The first-order chi connectivity index (χ1) is 6.35. The summed E-state index contributed by atoms with van der Waals surface area (Å²) in [6.45, 7) is 2.21. The average Bonchev–Trinajstić information content (AvgIpc) is 2.21. The number of halogens is 1. The number of hydrogen-bond donors (Lipinski definition) is 0. The van der Waals surface area contributed by atoms with E-state index in [1.165, 1.54) is 50.0 Å². The van der Waals surface area contributed by atoms with E-state index in [2.05, 4.69) is 37.5 Å². The molecule has 1 aliphatic rings. The zero-order valence-electron chi connectivity index (χ0n) is 9.32. The minimum absolute atomic E-state index is 0.181. The molecule has 0 unspecified atom stereocenters. The van der Waals surface area contributed by atoms with Crippen molar-refractivity contribution in [3.05, 3.63) is 0 Å². The third-order valence-electron chi connectivity index (χ3n) is 2.65. The van der Waals surface area contributed by atoms with Crippen LogP contribution in [0.15, 0.2) is 0 Å². The summed E-state index contributed by atoms with van der Waals surface area (Å²) in [4.78, 5) is 0. The van der Waals surface area contributed by atoms with Crippen LogP contribution >= 0.6 is 12.9 Å². The molecule has 0 radical (unpaired) electrons. The van der Waals surface area contributed by atoms with Gasteiger partial charge in [-0.25, -0.2) is 0 Å². The Hall–Kier alpha value is 1.84. The van der Waals surface area contributed by atoms with E-state index in [1.54, 1.807) is 0 Å². The summed E-state index contributed by atoms with van der Waals surface area (Å²) >= 11 is 6.04. The summed E-state index contributed by atoms with van der Waals surface area (Å²) in [5.41, 5.74) is 0. The molecule has 0 heterocycles. The molecule has 70 valence electrons. The van der Waals surface area contributed by atoms with Crippen molar-refractivity contribution in [3.63, 3.8) is 0 Å². The van der Waals surface area contributed by atoms with Gasteiger partial charge in [-0.1, -0.05) is 32.1 Å². The van der Waals surface area contributed by atoms with Gasteiger partial charge in [0.2, 0.25) is 0 Å². The fourth-order valence-corrected chi connectivity index (χ4v) is 4.52. The van der Waals surface area contributed by atoms with Crippen molar-refractivity contribution in [2.45, 2.75) is 61.0 Å². The molecule has 13 heavy (non-hydrogen) atoms. The Morgan fingerprint density at radius 1 is 1.31 bits per heavy atom. The third kappa shape index (κ3) is 10.1. The SMILES string of the molecule is [Br][Mg][CH]1CCCCC1.[Li][CH2]CCC. The Bertz CT molecular complexity index is 92.9. The maximum absolute atomic E-state index is 3.65. The molecule has 0 atom stereocenters. The maximum atomic E-state index is 3.65. The van der Waals surface area contributed by atoms with Crippen molar-refractivity contribution in [2.24, 2.45) is 0 Å². The normalized spacial score (nSPS) is 17.2. The monoisotopic (exact) mass is 250 g/mol. The minimum atomic E-state index is 0.181. The summed E-state index contributed by atoms with van der Waals surface area (Å²) in [6, 6.07) is 0. The van der Waals surface area contributed by atoms with Crippen LogP contribution in [0.3, 0.4) is 0 Å². The molecule has 0 aromatic carbocycles. The second-order valence-electron chi connectivity index (χ2n) is 4.01. The molecule has 0 aliphatic heterocycles. The standard InChI is InChI=1S/C6H11.C4H9.BrH.Li.Mg/c1-2-4-6-5-3-1;1-3-4-2;;;/h1H,2-6H2;1,3-4H2,2H3;1H;;/q;;;;+1/p-1. The number of rotatable bonds is 3. The van der Waals surface area contributed by atoms with Gasteiger partial charge in [0, 0.05) is 0 Å². The van der Waals surface area contributed by atoms with Crippen LogP contribution in [0.2, 0.25) is 9.14 Å². The molecule has 1 aliphatic carbocycles. The molecular weight excluding hydrogens is 231 g/mol. The summed E-state index contributed by atoms with van der Waals surface area (Å²) in [5.74, 6) is 0. The van der Waals surface area contributed by atoms with Crippen LogP contribution in [0, 0.1) is 0 Å². The molecule has 0 spiro atoms. The quantitative estimate of drug-likeness (QED) is 0.662. The molecule has 0 saturated heterocycles. The fourth-order valence-electron chi connectivity index (χ4n) is 1.69. The van der Waals surface area contributed by atoms with Gasteiger partial charge in [-0.2, -0.15) is 0 Å². The average molecular weight is 251 g/mol. The predicted octanol–water partition coefficient (Wildman–Crippen LogP) is 4.13. The van der Waals surface area contributed by atoms with Crippen molar-refractivity contribution in [1.82, 2.24) is 0 Å². The van der Waals surface area contributed by atoms with Crippen LogP contribution < -0.4 is 0 Å². The van der Waals surface area contributed by atoms with Gasteiger partial charge in [-0.05, 0) is 0 Å². The summed E-state index contributed by atoms with van der Waals surface area (Å²) < 4.78 is 1.14. The second-order valence-corrected chi connectivity index (χ2v) is 7.42. The molecule has 0 N–H and O–H groups in total. The van der Waals surface area contributed by atoms with Crippen molar-refractivity contribution in [3.8, 4) is 0 Å². The van der Waals surface area contributed by atoms with E-state index >= 15 is 0 Å². The van der Waals surface area contributed by atoms with Crippen LogP contribution in [0.25, 0.3) is 0 Å². The summed E-state index contributed by atoms with van der Waals surface area (Å²) in [7, 11) is 0. The van der Waals surface area contributed by atoms with E-state index in [4.69, 9.17) is 0 Å². The van der Waals surface area contributed by atoms with Gasteiger partial charge < -0.3 is 12.9 Å². The molecular formula is C10H20BrLiMg. The number of unbranched alkanes of at least 4 members (excludes halogenated alkanes) is 1. The van der Waals surface area contributed by atoms with Gasteiger partial charge >= 0.3 is 60.8 Å². The summed E-state index contributed by atoms with van der Waals surface area (Å²) in [6.07, 6.45) is 10.3. The first kappa shape index (κ1) is 14.8. The molecule has 0 amide bonds. The van der Waals surface area contributed by atoms with E-state index in [-0.39, 0.29) is 18.2 Å². The first-order valence-electron chi connectivity index (χ1n) is 5.91. The molecule has 1 fully saturated rings. The molecule has 0 nitrogen and oxygen atoms in total. The Morgan fingerprint density at radius 3 is 2.15 bits per heavy atom. The third-order valence-corrected chi connectivity index (χ3v) is 6.65. The molecule has 0 aromatic rings. The van der Waals surface area contributed by atoms with Crippen LogP contribution in [-0.4, -0.2) is 35.9 Å². The van der Waals surface area contributed by atoms with Gasteiger partial charge in [0.05, 0.1) is 0 Å². The Morgan fingerprint density at radius 2 is 1.92 bits per heavy atom. The van der Waals surface area contributed by atoms with Crippen LogP contribution in [0.5, 0.6) is 0 Å². The van der Waals surface area contributed by atoms with Gasteiger partial charge in [-0.15, -0.1) is 4.05 Å². The Labute approximate surface area is 109 Å². The molecule has 1 rings (SSSR count). The van der Waals surface area contributed by atoms with Gasteiger partial charge in [0.15, 0.2) is 0 Å². The van der Waals surface area contributed by atoms with Gasteiger partial charge in [0.25, 0.3) is 0 Å². The zero-order valence-corrected chi connectivity index (χ0v) is 12.3. The topological polar surface area (TPSA) is 0 Å². The van der Waals surface area contributed by atoms with Crippen LogP contribution in [0.1, 0.15) is 51.9 Å². The van der Waals surface area contributed by atoms with Gasteiger partial charge in [-0.3, -0.25) is 0 Å². The Balaban J connectivity index is 0.000000252. The van der Waals surface area contributed by atoms with Gasteiger partial charge in [0.1, 0.15) is 0 Å². The van der Waals surface area contributed by atoms with E-state index in [9.17, 15) is 0 Å². The van der Waals surface area contributed by atoms with Crippen molar-refractivity contribution < 1.29 is 0 Å². The summed E-state index contributed by atoms with van der Waals surface area (Å²) in [5, 5.41) is 1.34.